The summed E-state index contributed by atoms with van der Waals surface area (Å²) in [7, 11) is 0. The van der Waals surface area contributed by atoms with E-state index in [1.807, 2.05) is 41.9 Å². The molecule has 4 rings (SSSR count). The summed E-state index contributed by atoms with van der Waals surface area (Å²) in [5.74, 6) is 0.398. The molecule has 7 nitrogen and oxygen atoms in total. The predicted octanol–water partition coefficient (Wildman–Crippen LogP) is 4.30. The number of nitrogens with zero attached hydrogens (tertiary/aromatic N) is 4. The van der Waals surface area contributed by atoms with Gasteiger partial charge in [-0.2, -0.15) is 5.10 Å². The van der Waals surface area contributed by atoms with E-state index in [1.54, 1.807) is 6.08 Å². The highest BCUT2D eigenvalue weighted by Gasteiger charge is 2.27. The maximum atomic E-state index is 12.0. The van der Waals surface area contributed by atoms with E-state index in [4.69, 9.17) is 22.4 Å². The SMILES string of the molecule is CC/C=C/C(=O)N[C@H]1CC[C@@H](n2nc(-c3ccc(Cl)cc3)c3c(N)ncnc32)CC1. The minimum atomic E-state index is -0.0182. The highest BCUT2D eigenvalue weighted by atomic mass is 35.5. The summed E-state index contributed by atoms with van der Waals surface area (Å²) in [6, 6.07) is 7.91. The van der Waals surface area contributed by atoms with Gasteiger partial charge in [-0.05, 0) is 50.3 Å². The van der Waals surface area contributed by atoms with Gasteiger partial charge in [-0.1, -0.05) is 36.7 Å². The lowest BCUT2D eigenvalue weighted by atomic mass is 9.91. The van der Waals surface area contributed by atoms with Crippen molar-refractivity contribution in [2.45, 2.75) is 51.1 Å². The molecule has 0 bridgehead atoms. The van der Waals surface area contributed by atoms with Crippen LogP contribution in [0.5, 0.6) is 0 Å². The Morgan fingerprint density at radius 2 is 1.97 bits per heavy atom. The third kappa shape index (κ3) is 4.16. The third-order valence-electron chi connectivity index (χ3n) is 5.53. The van der Waals surface area contributed by atoms with Gasteiger partial charge in [0, 0.05) is 16.6 Å². The first kappa shape index (κ1) is 20.3. The fourth-order valence-electron chi connectivity index (χ4n) is 4.00. The summed E-state index contributed by atoms with van der Waals surface area (Å²) in [4.78, 5) is 20.6. The Kier molecular flexibility index (Phi) is 5.99. The second kappa shape index (κ2) is 8.83. The molecule has 0 saturated heterocycles. The van der Waals surface area contributed by atoms with Crippen molar-refractivity contribution in [3.05, 3.63) is 47.8 Å². The summed E-state index contributed by atoms with van der Waals surface area (Å²) >= 11 is 6.04. The minimum absolute atomic E-state index is 0.0182. The number of hydrogen-bond acceptors (Lipinski definition) is 5. The van der Waals surface area contributed by atoms with Gasteiger partial charge in [0.25, 0.3) is 0 Å². The summed E-state index contributed by atoms with van der Waals surface area (Å²) in [5, 5.41) is 9.42. The van der Waals surface area contributed by atoms with E-state index in [1.165, 1.54) is 6.33 Å². The smallest absolute Gasteiger partial charge is 0.243 e. The zero-order valence-corrected chi connectivity index (χ0v) is 17.6. The van der Waals surface area contributed by atoms with E-state index >= 15 is 0 Å². The second-order valence-electron chi connectivity index (χ2n) is 7.58. The van der Waals surface area contributed by atoms with E-state index in [0.29, 0.717) is 10.8 Å². The van der Waals surface area contributed by atoms with Crippen LogP contribution in [0.15, 0.2) is 42.7 Å². The Labute approximate surface area is 180 Å². The molecule has 1 aromatic carbocycles. The molecule has 3 aromatic rings. The van der Waals surface area contributed by atoms with Crippen LogP contribution < -0.4 is 11.1 Å². The average Bonchev–Trinajstić information content (AvgIpc) is 3.14. The zero-order valence-electron chi connectivity index (χ0n) is 16.9. The van der Waals surface area contributed by atoms with E-state index < -0.39 is 0 Å². The van der Waals surface area contributed by atoms with Crippen LogP contribution in [-0.2, 0) is 4.79 Å². The molecule has 30 heavy (non-hydrogen) atoms. The predicted molar refractivity (Wildman–Crippen MR) is 119 cm³/mol. The van der Waals surface area contributed by atoms with E-state index in [2.05, 4.69) is 15.3 Å². The maximum absolute atomic E-state index is 12.0. The van der Waals surface area contributed by atoms with Crippen LogP contribution >= 0.6 is 11.6 Å². The normalized spacial score (nSPS) is 19.4. The molecule has 0 aliphatic heterocycles. The molecule has 0 unspecified atom stereocenters. The van der Waals surface area contributed by atoms with Gasteiger partial charge in [-0.25, -0.2) is 14.6 Å². The lowest BCUT2D eigenvalue weighted by molar-refractivity contribution is -0.117. The Hall–Kier alpha value is -2.93. The first-order valence-electron chi connectivity index (χ1n) is 10.3. The number of fused-ring (bicyclic) bond motifs is 1. The monoisotopic (exact) mass is 424 g/mol. The first-order valence-corrected chi connectivity index (χ1v) is 10.7. The van der Waals surface area contributed by atoms with Gasteiger partial charge in [-0.3, -0.25) is 4.79 Å². The molecule has 0 radical (unpaired) electrons. The molecule has 1 fully saturated rings. The summed E-state index contributed by atoms with van der Waals surface area (Å²) in [6.07, 6.45) is 9.43. The van der Waals surface area contributed by atoms with Gasteiger partial charge in [0.1, 0.15) is 17.8 Å². The quantitative estimate of drug-likeness (QED) is 0.595. The molecule has 8 heteroatoms. The number of carbonyl (C=O) groups is 1. The fraction of sp³-hybridized carbons (Fsp3) is 0.364. The van der Waals surface area contributed by atoms with Crippen LogP contribution in [0.4, 0.5) is 5.82 Å². The van der Waals surface area contributed by atoms with Gasteiger partial charge in [0.2, 0.25) is 5.91 Å². The standard InChI is InChI=1S/C22H25ClN6O/c1-2-3-4-18(30)27-16-9-11-17(12-10-16)29-22-19(21(24)25-13-26-22)20(28-29)14-5-7-15(23)8-6-14/h3-8,13,16-17H,2,9-12H2,1H3,(H,27,30)(H2,24,25,26)/b4-3+/t16-,17+. The summed E-state index contributed by atoms with van der Waals surface area (Å²) < 4.78 is 1.98. The van der Waals surface area contributed by atoms with Gasteiger partial charge in [-0.15, -0.1) is 0 Å². The largest absolute Gasteiger partial charge is 0.383 e. The molecule has 2 heterocycles. The van der Waals surface area contributed by atoms with Crippen molar-refractivity contribution in [3.8, 4) is 11.3 Å². The molecule has 3 N–H and O–H groups in total. The van der Waals surface area contributed by atoms with Crippen LogP contribution in [0, 0.1) is 0 Å². The number of halogens is 1. The minimum Gasteiger partial charge on any atom is -0.383 e. The van der Waals surface area contributed by atoms with Crippen molar-refractivity contribution in [1.29, 1.82) is 0 Å². The van der Waals surface area contributed by atoms with E-state index in [9.17, 15) is 4.79 Å². The van der Waals surface area contributed by atoms with Crippen molar-refractivity contribution in [3.63, 3.8) is 0 Å². The van der Waals surface area contributed by atoms with Crippen molar-refractivity contribution in [1.82, 2.24) is 25.1 Å². The highest BCUT2D eigenvalue weighted by Crippen LogP contribution is 2.36. The summed E-state index contributed by atoms with van der Waals surface area (Å²) in [5.41, 5.74) is 8.63. The van der Waals surface area contributed by atoms with Gasteiger partial charge < -0.3 is 11.1 Å². The highest BCUT2D eigenvalue weighted by molar-refractivity contribution is 6.30. The molecule has 156 valence electrons. The molecule has 1 saturated carbocycles. The van der Waals surface area contributed by atoms with E-state index in [0.717, 1.165) is 54.4 Å². The molecule has 1 aliphatic rings. The fourth-order valence-corrected chi connectivity index (χ4v) is 4.12. The first-order chi connectivity index (χ1) is 14.6. The Balaban J connectivity index is 1.58. The van der Waals surface area contributed by atoms with Crippen molar-refractivity contribution in [2.75, 3.05) is 5.73 Å². The Morgan fingerprint density at radius 1 is 1.23 bits per heavy atom. The zero-order chi connectivity index (χ0) is 21.1. The number of benzene rings is 1. The number of aromatic nitrogens is 4. The molecule has 1 amide bonds. The Morgan fingerprint density at radius 3 is 2.67 bits per heavy atom. The third-order valence-corrected chi connectivity index (χ3v) is 5.78. The van der Waals surface area contributed by atoms with Crippen LogP contribution in [-0.4, -0.2) is 31.7 Å². The number of rotatable bonds is 5. The Bertz CT molecular complexity index is 1070. The number of hydrogen-bond donors (Lipinski definition) is 2. The average molecular weight is 425 g/mol. The van der Waals surface area contributed by atoms with Crippen LogP contribution in [0.25, 0.3) is 22.3 Å². The number of nitrogen functional groups attached to an aromatic ring is 1. The number of nitrogens with two attached hydrogens (primary N) is 1. The van der Waals surface area contributed by atoms with Gasteiger partial charge >= 0.3 is 0 Å². The molecule has 1 aliphatic carbocycles. The molecule has 0 atom stereocenters. The van der Waals surface area contributed by atoms with Crippen LogP contribution in [0.2, 0.25) is 5.02 Å². The molecule has 0 spiro atoms. The number of amides is 1. The van der Waals surface area contributed by atoms with Crippen molar-refractivity contribution in [2.24, 2.45) is 0 Å². The number of carbonyl (C=O) groups excluding carboxylic acids is 1. The molecular weight excluding hydrogens is 400 g/mol. The lowest BCUT2D eigenvalue weighted by Gasteiger charge is -2.29. The topological polar surface area (TPSA) is 98.7 Å². The number of anilines is 1. The van der Waals surface area contributed by atoms with Gasteiger partial charge in [0.05, 0.1) is 11.4 Å². The molecular formula is C22H25ClN6O. The van der Waals surface area contributed by atoms with E-state index in [-0.39, 0.29) is 18.0 Å². The second-order valence-corrected chi connectivity index (χ2v) is 8.02. The van der Waals surface area contributed by atoms with Gasteiger partial charge in [0.15, 0.2) is 5.65 Å². The number of allylic oxidation sites excluding steroid dienone is 1. The van der Waals surface area contributed by atoms with Crippen molar-refractivity contribution >= 4 is 34.4 Å². The summed E-state index contributed by atoms with van der Waals surface area (Å²) in [6.45, 7) is 2.01. The van der Waals surface area contributed by atoms with Crippen molar-refractivity contribution < 1.29 is 4.79 Å². The van der Waals surface area contributed by atoms with Crippen LogP contribution in [0.3, 0.4) is 0 Å². The number of nitrogens with one attached hydrogen (secondary N) is 1. The lowest BCUT2D eigenvalue weighted by Crippen LogP contribution is -2.37. The van der Waals surface area contributed by atoms with Crippen LogP contribution in [0.1, 0.15) is 45.1 Å². The maximum Gasteiger partial charge on any atom is 0.243 e. The molecule has 2 aromatic heterocycles.